The second kappa shape index (κ2) is 7.45. The number of ether oxygens (including phenoxy) is 2. The molecule has 0 bridgehead atoms. The van der Waals surface area contributed by atoms with Crippen molar-refractivity contribution < 1.29 is 19.1 Å². The summed E-state index contributed by atoms with van der Waals surface area (Å²) in [5.74, 6) is 0.346. The highest BCUT2D eigenvalue weighted by atomic mass is 35.5. The Hall–Kier alpha value is -2.33. The molecule has 0 unspecified atom stereocenters. The zero-order chi connectivity index (χ0) is 15.1. The van der Waals surface area contributed by atoms with Gasteiger partial charge in [-0.25, -0.2) is 4.79 Å². The van der Waals surface area contributed by atoms with E-state index < -0.39 is 11.4 Å². The number of hydrogen-bond acceptors (Lipinski definition) is 4. The highest BCUT2D eigenvalue weighted by molar-refractivity contribution is 6.63. The first-order valence-electron chi connectivity index (χ1n) is 6.29. The van der Waals surface area contributed by atoms with Gasteiger partial charge in [-0.1, -0.05) is 42.5 Å². The van der Waals surface area contributed by atoms with Gasteiger partial charge in [0.05, 0.1) is 0 Å². The van der Waals surface area contributed by atoms with Gasteiger partial charge in [-0.3, -0.25) is 4.79 Å². The number of carbonyl (C=O) groups excluding carboxylic acids is 2. The number of rotatable bonds is 5. The Morgan fingerprint density at radius 2 is 1.57 bits per heavy atom. The molecule has 2 aromatic carbocycles. The third-order valence-corrected chi connectivity index (χ3v) is 2.80. The molecule has 0 aliphatic heterocycles. The van der Waals surface area contributed by atoms with Gasteiger partial charge in [0.2, 0.25) is 5.24 Å². The quantitative estimate of drug-likeness (QED) is 0.480. The second-order valence-corrected chi connectivity index (χ2v) is 4.72. The van der Waals surface area contributed by atoms with Crippen LogP contribution < -0.4 is 4.74 Å². The summed E-state index contributed by atoms with van der Waals surface area (Å²) in [5, 5.41) is -0.439. The highest BCUT2D eigenvalue weighted by Gasteiger charge is 2.07. The Morgan fingerprint density at radius 1 is 0.905 bits per heavy atom. The van der Waals surface area contributed by atoms with E-state index in [1.807, 2.05) is 30.3 Å². The van der Waals surface area contributed by atoms with Crippen LogP contribution in [-0.2, 0) is 22.6 Å². The first-order valence-corrected chi connectivity index (χ1v) is 6.67. The van der Waals surface area contributed by atoms with Crippen molar-refractivity contribution in [3.05, 3.63) is 65.7 Å². The van der Waals surface area contributed by atoms with E-state index in [1.165, 1.54) is 0 Å². The molecule has 0 atom stereocenters. The van der Waals surface area contributed by atoms with Crippen LogP contribution in [0.4, 0.5) is 4.79 Å². The highest BCUT2D eigenvalue weighted by Crippen LogP contribution is 2.14. The van der Waals surface area contributed by atoms with Gasteiger partial charge in [0.1, 0.15) is 12.4 Å². The molecule has 21 heavy (non-hydrogen) atoms. The van der Waals surface area contributed by atoms with Crippen LogP contribution in [0.25, 0.3) is 0 Å². The van der Waals surface area contributed by atoms with Gasteiger partial charge < -0.3 is 9.47 Å². The molecule has 0 aromatic heterocycles. The second-order valence-electron chi connectivity index (χ2n) is 4.30. The van der Waals surface area contributed by atoms with Gasteiger partial charge >= 0.3 is 6.16 Å². The van der Waals surface area contributed by atoms with E-state index in [4.69, 9.17) is 21.1 Å². The van der Waals surface area contributed by atoms with Gasteiger partial charge in [-0.2, -0.15) is 0 Å². The SMILES string of the molecule is O=C(Cl)Cc1ccc(OC(=O)OCc2ccccc2)cc1. The number of carbonyl (C=O) groups is 2. The average molecular weight is 305 g/mol. The minimum absolute atomic E-state index is 0.139. The maximum absolute atomic E-state index is 11.5. The lowest BCUT2D eigenvalue weighted by Gasteiger charge is -2.06. The Kier molecular flexibility index (Phi) is 5.35. The Bertz CT molecular complexity index is 608. The molecule has 0 radical (unpaired) electrons. The first kappa shape index (κ1) is 15.1. The van der Waals surface area contributed by atoms with Crippen LogP contribution >= 0.6 is 11.6 Å². The van der Waals surface area contributed by atoms with Gasteiger partial charge in [0, 0.05) is 6.42 Å². The zero-order valence-corrected chi connectivity index (χ0v) is 11.9. The van der Waals surface area contributed by atoms with E-state index in [2.05, 4.69) is 0 Å². The fourth-order valence-corrected chi connectivity index (χ4v) is 1.83. The third-order valence-electron chi connectivity index (χ3n) is 2.67. The van der Waals surface area contributed by atoms with Crippen LogP contribution in [0.2, 0.25) is 0 Å². The van der Waals surface area contributed by atoms with Crippen LogP contribution in [0.1, 0.15) is 11.1 Å². The van der Waals surface area contributed by atoms with Crippen LogP contribution in [0.5, 0.6) is 5.75 Å². The molecule has 0 aliphatic rings. The summed E-state index contributed by atoms with van der Waals surface area (Å²) in [6, 6.07) is 15.8. The van der Waals surface area contributed by atoms with Crippen molar-refractivity contribution in [2.24, 2.45) is 0 Å². The van der Waals surface area contributed by atoms with Crippen molar-refractivity contribution in [2.45, 2.75) is 13.0 Å². The van der Waals surface area contributed by atoms with E-state index in [-0.39, 0.29) is 13.0 Å². The molecule has 108 valence electrons. The van der Waals surface area contributed by atoms with E-state index >= 15 is 0 Å². The van der Waals surface area contributed by atoms with Crippen LogP contribution in [0.15, 0.2) is 54.6 Å². The number of halogens is 1. The van der Waals surface area contributed by atoms with Crippen molar-refractivity contribution in [3.63, 3.8) is 0 Å². The average Bonchev–Trinajstić information content (AvgIpc) is 2.48. The van der Waals surface area contributed by atoms with Crippen molar-refractivity contribution >= 4 is 23.0 Å². The number of benzene rings is 2. The van der Waals surface area contributed by atoms with Gasteiger partial charge in [0.25, 0.3) is 0 Å². The molecule has 0 aliphatic carbocycles. The summed E-state index contributed by atoms with van der Waals surface area (Å²) in [6.45, 7) is 0.151. The minimum atomic E-state index is -0.778. The fourth-order valence-electron chi connectivity index (χ4n) is 1.68. The van der Waals surface area contributed by atoms with E-state index in [1.54, 1.807) is 24.3 Å². The maximum Gasteiger partial charge on any atom is 0.514 e. The minimum Gasteiger partial charge on any atom is -0.429 e. The summed E-state index contributed by atoms with van der Waals surface area (Å²) >= 11 is 5.29. The predicted octanol–water partition coefficient (Wildman–Crippen LogP) is 3.71. The van der Waals surface area contributed by atoms with E-state index in [0.717, 1.165) is 11.1 Å². The topological polar surface area (TPSA) is 52.6 Å². The first-order chi connectivity index (χ1) is 10.1. The summed E-state index contributed by atoms with van der Waals surface area (Å²) in [4.78, 5) is 22.3. The Morgan fingerprint density at radius 3 is 2.19 bits per heavy atom. The lowest BCUT2D eigenvalue weighted by atomic mass is 10.2. The molecule has 0 N–H and O–H groups in total. The maximum atomic E-state index is 11.5. The van der Waals surface area contributed by atoms with Gasteiger partial charge in [-0.05, 0) is 34.9 Å². The molecular formula is C16H13ClO4. The van der Waals surface area contributed by atoms with Crippen molar-refractivity contribution in [2.75, 3.05) is 0 Å². The molecule has 0 amide bonds. The standard InChI is InChI=1S/C16H13ClO4/c17-15(18)10-12-6-8-14(9-7-12)21-16(19)20-11-13-4-2-1-3-5-13/h1-9H,10-11H2. The van der Waals surface area contributed by atoms with Crippen molar-refractivity contribution in [1.82, 2.24) is 0 Å². The van der Waals surface area contributed by atoms with Crippen molar-refractivity contribution in [1.29, 1.82) is 0 Å². The fraction of sp³-hybridized carbons (Fsp3) is 0.125. The molecule has 0 saturated heterocycles. The Labute approximate surface area is 127 Å². The lowest BCUT2D eigenvalue weighted by Crippen LogP contribution is -2.10. The molecule has 5 heteroatoms. The van der Waals surface area contributed by atoms with Crippen molar-refractivity contribution in [3.8, 4) is 5.75 Å². The summed E-state index contributed by atoms with van der Waals surface area (Å²) in [7, 11) is 0. The molecule has 4 nitrogen and oxygen atoms in total. The molecule has 2 rings (SSSR count). The van der Waals surface area contributed by atoms with E-state index in [9.17, 15) is 9.59 Å². The third kappa shape index (κ3) is 5.28. The molecular weight excluding hydrogens is 292 g/mol. The molecule has 2 aromatic rings. The normalized spacial score (nSPS) is 9.95. The summed E-state index contributed by atoms with van der Waals surface area (Å²) in [5.41, 5.74) is 1.63. The largest absolute Gasteiger partial charge is 0.514 e. The smallest absolute Gasteiger partial charge is 0.429 e. The summed E-state index contributed by atoms with van der Waals surface area (Å²) in [6.07, 6.45) is -0.639. The van der Waals surface area contributed by atoms with Crippen LogP contribution in [-0.4, -0.2) is 11.4 Å². The molecule has 0 spiro atoms. The van der Waals surface area contributed by atoms with E-state index in [0.29, 0.717) is 5.75 Å². The molecule has 0 fully saturated rings. The predicted molar refractivity (Wildman–Crippen MR) is 78.3 cm³/mol. The monoisotopic (exact) mass is 304 g/mol. The zero-order valence-electron chi connectivity index (χ0n) is 11.1. The van der Waals surface area contributed by atoms with Gasteiger partial charge in [0.15, 0.2) is 0 Å². The van der Waals surface area contributed by atoms with Crippen LogP contribution in [0, 0.1) is 0 Å². The summed E-state index contributed by atoms with van der Waals surface area (Å²) < 4.78 is 10.0. The van der Waals surface area contributed by atoms with Crippen LogP contribution in [0.3, 0.4) is 0 Å². The van der Waals surface area contributed by atoms with Gasteiger partial charge in [-0.15, -0.1) is 0 Å². The Balaban J connectivity index is 1.83. The molecule has 0 heterocycles. The number of hydrogen-bond donors (Lipinski definition) is 0. The lowest BCUT2D eigenvalue weighted by molar-refractivity contribution is -0.111. The molecule has 0 saturated carbocycles.